The second kappa shape index (κ2) is 13.6. The number of imide groups is 1. The molecule has 3 heterocycles. The third kappa shape index (κ3) is 6.66. The van der Waals surface area contributed by atoms with Crippen LogP contribution in [0.25, 0.3) is 28.1 Å². The predicted molar refractivity (Wildman–Crippen MR) is 182 cm³/mol. The van der Waals surface area contributed by atoms with Crippen molar-refractivity contribution < 1.29 is 14.3 Å². The molecule has 5 rings (SSSR count). The van der Waals surface area contributed by atoms with Crippen molar-refractivity contribution in [3.8, 4) is 5.75 Å². The highest BCUT2D eigenvalue weighted by molar-refractivity contribution is 8.13. The Morgan fingerprint density at radius 2 is 1.55 bits per heavy atom. The molecule has 10 nitrogen and oxygen atoms in total. The van der Waals surface area contributed by atoms with E-state index in [-0.39, 0.29) is 10.3 Å². The zero-order chi connectivity index (χ0) is 31.4. The third-order valence-electron chi connectivity index (χ3n) is 7.77. The lowest BCUT2D eigenvalue weighted by atomic mass is 9.91. The Balaban J connectivity index is 1.57. The number of unbranched alkanes of at least 4 members (excludes halogenated alkanes) is 2. The molecule has 44 heavy (non-hydrogen) atoms. The molecule has 1 aliphatic carbocycles. The summed E-state index contributed by atoms with van der Waals surface area (Å²) in [5.41, 5.74) is 17.0. The molecule has 0 atom stereocenters. The second-order valence-corrected chi connectivity index (χ2v) is 13.0. The predicted octanol–water partition coefficient (Wildman–Crippen LogP) is 4.96. The van der Waals surface area contributed by atoms with E-state index >= 15 is 0 Å². The van der Waals surface area contributed by atoms with E-state index in [1.54, 1.807) is 7.11 Å². The molecule has 230 valence electrons. The zero-order valence-electron chi connectivity index (χ0n) is 24.7. The normalized spacial score (nSPS) is 14.4. The SMILES string of the molecule is C=C1C=Cc2c(C3=C(c4cn(CCCCSC(=N)N)c5ccc(OC)cc45)C(=O)NC3=O)cn(CCCCSC(=N)N)c2C1. The van der Waals surface area contributed by atoms with Gasteiger partial charge in [0, 0.05) is 76.7 Å². The Kier molecular flexibility index (Phi) is 9.70. The van der Waals surface area contributed by atoms with E-state index < -0.39 is 11.8 Å². The van der Waals surface area contributed by atoms with Crippen LogP contribution in [0.15, 0.2) is 48.8 Å². The van der Waals surface area contributed by atoms with Crippen LogP contribution in [0.2, 0.25) is 0 Å². The molecule has 0 spiro atoms. The summed E-state index contributed by atoms with van der Waals surface area (Å²) in [6.45, 7) is 5.60. The van der Waals surface area contributed by atoms with Crippen molar-refractivity contribution in [2.45, 2.75) is 45.2 Å². The molecular weight excluding hydrogens is 595 g/mol. The molecule has 2 amide bonds. The van der Waals surface area contributed by atoms with Crippen LogP contribution in [0.3, 0.4) is 0 Å². The van der Waals surface area contributed by atoms with Gasteiger partial charge in [0.05, 0.1) is 18.3 Å². The van der Waals surface area contributed by atoms with Crippen molar-refractivity contribution in [2.75, 3.05) is 18.6 Å². The number of hydrogen-bond donors (Lipinski definition) is 5. The van der Waals surface area contributed by atoms with E-state index in [0.29, 0.717) is 35.4 Å². The van der Waals surface area contributed by atoms with Crippen molar-refractivity contribution >= 4 is 73.8 Å². The molecule has 1 aliphatic heterocycles. The first-order valence-corrected chi connectivity index (χ1v) is 16.4. The van der Waals surface area contributed by atoms with E-state index in [9.17, 15) is 9.59 Å². The molecule has 0 unspecified atom stereocenters. The number of nitrogens with two attached hydrogens (primary N) is 2. The minimum absolute atomic E-state index is 0.115. The summed E-state index contributed by atoms with van der Waals surface area (Å²) in [4.78, 5) is 27.1. The topological polar surface area (TPSA) is 165 Å². The summed E-state index contributed by atoms with van der Waals surface area (Å²) in [5.74, 6) is 1.36. The molecule has 0 radical (unpaired) electrons. The quantitative estimate of drug-likeness (QED) is 0.0770. The van der Waals surface area contributed by atoms with Crippen LogP contribution in [0.5, 0.6) is 5.75 Å². The number of carbonyl (C=O) groups excluding carboxylic acids is 2. The van der Waals surface area contributed by atoms with Crippen LogP contribution in [-0.2, 0) is 29.1 Å². The maximum absolute atomic E-state index is 13.5. The standard InChI is InChI=1S/C32H37N7O3S2/c1-19-7-9-21-23(17-39(26(21)15-19)12-4-6-14-44-32(35)36)27-28(30(41)37-29(27)40)24-18-38(11-3-5-13-43-31(33)34)25-10-8-20(42-2)16-22(24)25/h7-10,16-18H,1,3-6,11-15H2,2H3,(H3,33,34)(H3,35,36)(H,37,40,41). The Labute approximate surface area is 265 Å². The highest BCUT2D eigenvalue weighted by Gasteiger charge is 2.36. The number of benzene rings is 1. The summed E-state index contributed by atoms with van der Waals surface area (Å²) < 4.78 is 9.82. The summed E-state index contributed by atoms with van der Waals surface area (Å²) in [7, 11) is 1.61. The molecule has 2 aromatic heterocycles. The van der Waals surface area contributed by atoms with Gasteiger partial charge in [-0.25, -0.2) is 0 Å². The lowest BCUT2D eigenvalue weighted by Gasteiger charge is -2.14. The minimum Gasteiger partial charge on any atom is -0.497 e. The lowest BCUT2D eigenvalue weighted by molar-refractivity contribution is -0.122. The first kappa shape index (κ1) is 31.3. The lowest BCUT2D eigenvalue weighted by Crippen LogP contribution is -2.22. The number of rotatable bonds is 13. The summed E-state index contributed by atoms with van der Waals surface area (Å²) in [6, 6.07) is 5.79. The highest BCUT2D eigenvalue weighted by Crippen LogP contribution is 2.41. The molecule has 0 saturated heterocycles. The first-order valence-electron chi connectivity index (χ1n) is 14.5. The summed E-state index contributed by atoms with van der Waals surface area (Å²) in [6.07, 6.45) is 12.1. The number of nitrogens with one attached hydrogen (secondary N) is 3. The monoisotopic (exact) mass is 631 g/mol. The smallest absolute Gasteiger partial charge is 0.259 e. The van der Waals surface area contributed by atoms with Gasteiger partial charge in [0.25, 0.3) is 11.8 Å². The number of allylic oxidation sites excluding steroid dienone is 2. The molecule has 2 aliphatic rings. The van der Waals surface area contributed by atoms with Gasteiger partial charge in [0.1, 0.15) is 5.75 Å². The van der Waals surface area contributed by atoms with Crippen molar-refractivity contribution in [3.05, 3.63) is 71.2 Å². The van der Waals surface area contributed by atoms with Gasteiger partial charge in [-0.2, -0.15) is 0 Å². The van der Waals surface area contributed by atoms with E-state index in [1.165, 1.54) is 23.5 Å². The van der Waals surface area contributed by atoms with Crippen molar-refractivity contribution in [2.24, 2.45) is 11.5 Å². The van der Waals surface area contributed by atoms with Gasteiger partial charge in [0.15, 0.2) is 10.3 Å². The van der Waals surface area contributed by atoms with Crippen LogP contribution in [-0.4, -0.2) is 49.9 Å². The van der Waals surface area contributed by atoms with Crippen LogP contribution < -0.4 is 21.5 Å². The third-order valence-corrected chi connectivity index (χ3v) is 9.38. The molecule has 7 N–H and O–H groups in total. The maximum Gasteiger partial charge on any atom is 0.259 e. The number of amidine groups is 2. The second-order valence-electron chi connectivity index (χ2n) is 10.8. The largest absolute Gasteiger partial charge is 0.497 e. The van der Waals surface area contributed by atoms with Gasteiger partial charge in [-0.1, -0.05) is 42.3 Å². The van der Waals surface area contributed by atoms with Gasteiger partial charge in [-0.15, -0.1) is 0 Å². The van der Waals surface area contributed by atoms with Crippen molar-refractivity contribution in [1.29, 1.82) is 10.8 Å². The van der Waals surface area contributed by atoms with Crippen LogP contribution in [0.4, 0.5) is 0 Å². The van der Waals surface area contributed by atoms with E-state index in [1.807, 2.05) is 42.7 Å². The molecule has 3 aromatic rings. The molecule has 0 fully saturated rings. The van der Waals surface area contributed by atoms with Crippen molar-refractivity contribution in [3.63, 3.8) is 0 Å². The number of fused-ring (bicyclic) bond motifs is 2. The Morgan fingerprint density at radius 1 is 0.932 bits per heavy atom. The fraction of sp³-hybridized carbons (Fsp3) is 0.312. The average Bonchev–Trinajstić information content (AvgIpc) is 3.61. The number of aromatic nitrogens is 2. The van der Waals surface area contributed by atoms with Crippen LogP contribution in [0, 0.1) is 10.8 Å². The molecule has 0 saturated carbocycles. The van der Waals surface area contributed by atoms with Crippen LogP contribution >= 0.6 is 23.5 Å². The molecule has 1 aromatic carbocycles. The molecule has 0 bridgehead atoms. The zero-order valence-corrected chi connectivity index (χ0v) is 26.3. The van der Waals surface area contributed by atoms with E-state index in [4.69, 9.17) is 27.0 Å². The fourth-order valence-corrected chi connectivity index (χ4v) is 6.90. The number of aryl methyl sites for hydroxylation is 2. The number of thioether (sulfide) groups is 2. The van der Waals surface area contributed by atoms with Gasteiger partial charge >= 0.3 is 0 Å². The Morgan fingerprint density at radius 3 is 2.18 bits per heavy atom. The van der Waals surface area contributed by atoms with Gasteiger partial charge in [0.2, 0.25) is 0 Å². The van der Waals surface area contributed by atoms with E-state index in [0.717, 1.165) is 77.0 Å². The summed E-state index contributed by atoms with van der Waals surface area (Å²) >= 11 is 2.67. The maximum atomic E-state index is 13.5. The number of nitrogens with zero attached hydrogens (tertiary/aromatic N) is 2. The Hall–Kier alpha value is -4.16. The van der Waals surface area contributed by atoms with Gasteiger partial charge in [-0.05, 0) is 49.5 Å². The van der Waals surface area contributed by atoms with Gasteiger partial charge < -0.3 is 25.3 Å². The number of hydrogen-bond acceptors (Lipinski definition) is 7. The number of methoxy groups -OCH3 is 1. The van der Waals surface area contributed by atoms with E-state index in [2.05, 4.69) is 21.0 Å². The highest BCUT2D eigenvalue weighted by atomic mass is 32.2. The fourth-order valence-electron chi connectivity index (χ4n) is 5.76. The Bertz CT molecular complexity index is 1730. The first-order chi connectivity index (χ1) is 21.2. The number of amides is 2. The van der Waals surface area contributed by atoms with Crippen LogP contribution in [0.1, 0.15) is 48.1 Å². The average molecular weight is 632 g/mol. The summed E-state index contributed by atoms with van der Waals surface area (Å²) in [5, 5.41) is 18.5. The van der Waals surface area contributed by atoms with Gasteiger partial charge in [-0.3, -0.25) is 25.7 Å². The minimum atomic E-state index is -0.420. The molecule has 12 heteroatoms. The number of ether oxygens (including phenoxy) is 1. The molecular formula is C32H37N7O3S2. The number of carbonyl (C=O) groups is 2. The van der Waals surface area contributed by atoms with Crippen molar-refractivity contribution in [1.82, 2.24) is 14.5 Å².